The molecule has 0 saturated carbocycles. The van der Waals surface area contributed by atoms with E-state index in [9.17, 15) is 14.4 Å². The summed E-state index contributed by atoms with van der Waals surface area (Å²) in [5.74, 6) is -1.02. The molecule has 2 aliphatic rings. The molecule has 3 rings (SSSR count). The maximum atomic E-state index is 12.8. The number of nitrogens with zero attached hydrogens (tertiary/aromatic N) is 2. The Balaban J connectivity index is 1.71. The standard InChI is InChI=1S/C18H22N2O5S/c21-16(19(8-7-18(23)24)10-13-4-3-9-25-13)11-20-14-5-1-2-6-15(14)26-12-17(20)22/h1-2,5-6,13H,3-4,7-12H2,(H,23,24)/t13-/m0/s1. The molecule has 1 aromatic carbocycles. The van der Waals surface area contributed by atoms with Crippen LogP contribution in [0.2, 0.25) is 0 Å². The van der Waals surface area contributed by atoms with E-state index in [-0.39, 0.29) is 37.4 Å². The zero-order valence-electron chi connectivity index (χ0n) is 14.4. The van der Waals surface area contributed by atoms with Crippen molar-refractivity contribution < 1.29 is 24.2 Å². The number of rotatable bonds is 7. The molecule has 0 spiro atoms. The van der Waals surface area contributed by atoms with E-state index in [0.717, 1.165) is 23.4 Å². The minimum atomic E-state index is -0.953. The number of anilines is 1. The largest absolute Gasteiger partial charge is 0.481 e. The van der Waals surface area contributed by atoms with Crippen LogP contribution in [-0.2, 0) is 19.1 Å². The lowest BCUT2D eigenvalue weighted by molar-refractivity contribution is -0.139. The van der Waals surface area contributed by atoms with Gasteiger partial charge in [-0.15, -0.1) is 11.8 Å². The normalized spacial score (nSPS) is 19.3. The predicted molar refractivity (Wildman–Crippen MR) is 97.3 cm³/mol. The van der Waals surface area contributed by atoms with Crippen LogP contribution in [0.25, 0.3) is 0 Å². The third kappa shape index (κ3) is 4.56. The van der Waals surface area contributed by atoms with Gasteiger partial charge in [-0.1, -0.05) is 12.1 Å². The van der Waals surface area contributed by atoms with Crippen LogP contribution in [0, 0.1) is 0 Å². The highest BCUT2D eigenvalue weighted by Gasteiger charge is 2.29. The number of carbonyl (C=O) groups is 3. The van der Waals surface area contributed by atoms with Crippen LogP contribution in [0.1, 0.15) is 19.3 Å². The molecule has 0 bridgehead atoms. The predicted octanol–water partition coefficient (Wildman–Crippen LogP) is 1.61. The minimum absolute atomic E-state index is 0.0624. The Labute approximate surface area is 156 Å². The number of fused-ring (bicyclic) bond motifs is 1. The number of hydrogen-bond acceptors (Lipinski definition) is 5. The molecular weight excluding hydrogens is 356 g/mol. The van der Waals surface area contributed by atoms with Crippen LogP contribution in [0.15, 0.2) is 29.2 Å². The van der Waals surface area contributed by atoms with Gasteiger partial charge in [0.15, 0.2) is 0 Å². The summed E-state index contributed by atoms with van der Waals surface area (Å²) in [5.41, 5.74) is 0.734. The Bertz CT molecular complexity index is 690. The zero-order valence-corrected chi connectivity index (χ0v) is 15.2. The summed E-state index contributed by atoms with van der Waals surface area (Å²) in [5, 5.41) is 8.96. The summed E-state index contributed by atoms with van der Waals surface area (Å²) in [7, 11) is 0. The molecular formula is C18H22N2O5S. The average Bonchev–Trinajstić information content (AvgIpc) is 3.14. The molecule has 0 aromatic heterocycles. The molecule has 0 radical (unpaired) electrons. The summed E-state index contributed by atoms with van der Waals surface area (Å²) in [6.07, 6.45) is 1.62. The molecule has 7 nitrogen and oxygen atoms in total. The van der Waals surface area contributed by atoms with E-state index in [0.29, 0.717) is 18.9 Å². The number of para-hydroxylation sites is 1. The highest BCUT2D eigenvalue weighted by atomic mass is 32.2. The van der Waals surface area contributed by atoms with E-state index < -0.39 is 5.97 Å². The van der Waals surface area contributed by atoms with Crippen molar-refractivity contribution in [2.24, 2.45) is 0 Å². The molecule has 1 N–H and O–H groups in total. The van der Waals surface area contributed by atoms with Crippen molar-refractivity contribution in [3.8, 4) is 0 Å². The quantitative estimate of drug-likeness (QED) is 0.776. The molecule has 1 aromatic rings. The molecule has 2 aliphatic heterocycles. The van der Waals surface area contributed by atoms with Crippen LogP contribution in [0.5, 0.6) is 0 Å². The van der Waals surface area contributed by atoms with Gasteiger partial charge in [0.2, 0.25) is 11.8 Å². The van der Waals surface area contributed by atoms with E-state index in [2.05, 4.69) is 0 Å². The molecule has 0 aliphatic carbocycles. The second kappa shape index (κ2) is 8.55. The van der Waals surface area contributed by atoms with Gasteiger partial charge in [-0.2, -0.15) is 0 Å². The summed E-state index contributed by atoms with van der Waals surface area (Å²) >= 11 is 1.46. The molecule has 1 saturated heterocycles. The number of carbonyl (C=O) groups excluding carboxylic acids is 2. The summed E-state index contributed by atoms with van der Waals surface area (Å²) < 4.78 is 5.58. The van der Waals surface area contributed by atoms with Crippen molar-refractivity contribution in [2.75, 3.05) is 36.9 Å². The second-order valence-corrected chi connectivity index (χ2v) is 7.37. The molecule has 2 heterocycles. The van der Waals surface area contributed by atoms with Gasteiger partial charge in [-0.25, -0.2) is 0 Å². The second-order valence-electron chi connectivity index (χ2n) is 6.35. The van der Waals surface area contributed by atoms with Crippen LogP contribution in [0.4, 0.5) is 5.69 Å². The van der Waals surface area contributed by atoms with Gasteiger partial charge in [0.25, 0.3) is 0 Å². The monoisotopic (exact) mass is 378 g/mol. The lowest BCUT2D eigenvalue weighted by atomic mass is 10.2. The maximum Gasteiger partial charge on any atom is 0.305 e. The van der Waals surface area contributed by atoms with Crippen LogP contribution in [0.3, 0.4) is 0 Å². The smallest absolute Gasteiger partial charge is 0.305 e. The molecule has 8 heteroatoms. The lowest BCUT2D eigenvalue weighted by Crippen LogP contribution is -2.47. The molecule has 140 valence electrons. The third-order valence-corrected chi connectivity index (χ3v) is 5.55. The number of thioether (sulfide) groups is 1. The fraction of sp³-hybridized carbons (Fsp3) is 0.500. The number of carboxylic acids is 1. The van der Waals surface area contributed by atoms with E-state index in [1.807, 2.05) is 24.3 Å². The van der Waals surface area contributed by atoms with Gasteiger partial charge in [0.05, 0.1) is 24.0 Å². The van der Waals surface area contributed by atoms with Crippen molar-refractivity contribution in [2.45, 2.75) is 30.3 Å². The summed E-state index contributed by atoms with van der Waals surface area (Å²) in [6, 6.07) is 7.50. The lowest BCUT2D eigenvalue weighted by Gasteiger charge is -2.31. The third-order valence-electron chi connectivity index (χ3n) is 4.50. The minimum Gasteiger partial charge on any atom is -0.481 e. The van der Waals surface area contributed by atoms with Gasteiger partial charge in [-0.05, 0) is 25.0 Å². The first-order valence-electron chi connectivity index (χ1n) is 8.68. The van der Waals surface area contributed by atoms with Crippen molar-refractivity contribution in [3.05, 3.63) is 24.3 Å². The van der Waals surface area contributed by atoms with Crippen molar-refractivity contribution in [1.82, 2.24) is 4.90 Å². The summed E-state index contributed by atoms with van der Waals surface area (Å²) in [4.78, 5) is 40.1. The Morgan fingerprint density at radius 2 is 2.15 bits per heavy atom. The molecule has 26 heavy (non-hydrogen) atoms. The van der Waals surface area contributed by atoms with Crippen LogP contribution >= 0.6 is 11.8 Å². The fourth-order valence-electron chi connectivity index (χ4n) is 3.15. The van der Waals surface area contributed by atoms with Gasteiger partial charge in [-0.3, -0.25) is 14.4 Å². The van der Waals surface area contributed by atoms with E-state index >= 15 is 0 Å². The molecule has 1 atom stereocenters. The van der Waals surface area contributed by atoms with Gasteiger partial charge < -0.3 is 19.6 Å². The highest BCUT2D eigenvalue weighted by molar-refractivity contribution is 8.00. The first-order chi connectivity index (χ1) is 12.5. The molecule has 0 unspecified atom stereocenters. The van der Waals surface area contributed by atoms with E-state index in [1.54, 1.807) is 0 Å². The van der Waals surface area contributed by atoms with Gasteiger partial charge >= 0.3 is 5.97 Å². The fourth-order valence-corrected chi connectivity index (χ4v) is 4.08. The Morgan fingerprint density at radius 1 is 1.35 bits per heavy atom. The number of amides is 2. The van der Waals surface area contributed by atoms with Crippen LogP contribution < -0.4 is 4.90 Å². The van der Waals surface area contributed by atoms with Crippen molar-refractivity contribution in [1.29, 1.82) is 0 Å². The first-order valence-corrected chi connectivity index (χ1v) is 9.66. The van der Waals surface area contributed by atoms with Gasteiger partial charge in [0.1, 0.15) is 6.54 Å². The Hall–Kier alpha value is -2.06. The Morgan fingerprint density at radius 3 is 2.88 bits per heavy atom. The van der Waals surface area contributed by atoms with E-state index in [4.69, 9.17) is 9.84 Å². The summed E-state index contributed by atoms with van der Waals surface area (Å²) in [6.45, 7) is 1.07. The van der Waals surface area contributed by atoms with E-state index in [1.165, 1.54) is 21.6 Å². The molecule has 2 amide bonds. The first kappa shape index (κ1) is 18.7. The zero-order chi connectivity index (χ0) is 18.5. The number of ether oxygens (including phenoxy) is 1. The number of carboxylic acid groups (broad SMARTS) is 1. The average molecular weight is 378 g/mol. The molecule has 1 fully saturated rings. The SMILES string of the molecule is O=C(O)CCN(C[C@@H]1CCCO1)C(=O)CN1C(=O)CSc2ccccc21. The topological polar surface area (TPSA) is 87.2 Å². The number of aliphatic carboxylic acids is 1. The van der Waals surface area contributed by atoms with Gasteiger partial charge in [0, 0.05) is 24.6 Å². The highest BCUT2D eigenvalue weighted by Crippen LogP contribution is 2.34. The number of benzene rings is 1. The van der Waals surface area contributed by atoms with Crippen molar-refractivity contribution in [3.63, 3.8) is 0 Å². The number of hydrogen-bond donors (Lipinski definition) is 1. The Kier molecular flexibility index (Phi) is 6.16. The maximum absolute atomic E-state index is 12.8. The van der Waals surface area contributed by atoms with Crippen LogP contribution in [-0.4, -0.2) is 65.9 Å². The van der Waals surface area contributed by atoms with Crippen molar-refractivity contribution >= 4 is 35.2 Å².